The lowest BCUT2D eigenvalue weighted by Crippen LogP contribution is -2.30. The molecule has 0 N–H and O–H groups in total. The maximum atomic E-state index is 13.4. The van der Waals surface area contributed by atoms with Crippen LogP contribution in [-0.4, -0.2) is 43.9 Å². The molecule has 0 fully saturated rings. The monoisotopic (exact) mass is 488 g/mol. The molecule has 0 saturated carbocycles. The van der Waals surface area contributed by atoms with Crippen molar-refractivity contribution in [3.63, 3.8) is 0 Å². The van der Waals surface area contributed by atoms with Gasteiger partial charge in [-0.05, 0) is 48.0 Å². The molecule has 4 rings (SSSR count). The zero-order chi connectivity index (χ0) is 24.8. The fourth-order valence-corrected chi connectivity index (χ4v) is 4.35. The van der Waals surface area contributed by atoms with Crippen molar-refractivity contribution < 1.29 is 23.8 Å². The second-order valence-electron chi connectivity index (χ2n) is 7.48. The average molecular weight is 489 g/mol. The number of carbonyl (C=O) groups is 2. The molecule has 1 heterocycles. The number of hydrogen-bond acceptors (Lipinski definition) is 7. The third-order valence-corrected chi connectivity index (χ3v) is 6.22. The summed E-state index contributed by atoms with van der Waals surface area (Å²) in [7, 11) is 4.72. The van der Waals surface area contributed by atoms with E-state index >= 15 is 0 Å². The van der Waals surface area contributed by atoms with Gasteiger partial charge in [-0.25, -0.2) is 4.99 Å². The van der Waals surface area contributed by atoms with Gasteiger partial charge in [0.2, 0.25) is 0 Å². The van der Waals surface area contributed by atoms with E-state index in [2.05, 4.69) is 4.99 Å². The minimum atomic E-state index is -0.287. The molecule has 0 saturated heterocycles. The van der Waals surface area contributed by atoms with Gasteiger partial charge in [-0.1, -0.05) is 42.1 Å². The number of carbonyl (C=O) groups excluding carboxylic acids is 2. The molecule has 1 aliphatic heterocycles. The van der Waals surface area contributed by atoms with Crippen LogP contribution in [0.3, 0.4) is 0 Å². The number of nitrogens with zero attached hydrogens (tertiary/aromatic N) is 2. The average Bonchev–Trinajstić information content (AvgIpc) is 3.22. The Morgan fingerprint density at radius 2 is 1.54 bits per heavy atom. The maximum Gasteiger partial charge on any atom is 0.283 e. The van der Waals surface area contributed by atoms with Gasteiger partial charge >= 0.3 is 0 Å². The van der Waals surface area contributed by atoms with Crippen LogP contribution in [0, 0.1) is 0 Å². The first-order valence-electron chi connectivity index (χ1n) is 10.8. The summed E-state index contributed by atoms with van der Waals surface area (Å²) in [5.41, 5.74) is 2.22. The summed E-state index contributed by atoms with van der Waals surface area (Å²) < 4.78 is 15.7. The van der Waals surface area contributed by atoms with E-state index in [1.807, 2.05) is 24.3 Å². The molecule has 0 aromatic heterocycles. The Kier molecular flexibility index (Phi) is 7.52. The number of aliphatic imine (C=N–C) groups is 1. The van der Waals surface area contributed by atoms with Gasteiger partial charge in [0.25, 0.3) is 5.91 Å². The highest BCUT2D eigenvalue weighted by molar-refractivity contribution is 8.14. The molecular weight excluding hydrogens is 464 g/mol. The molecule has 0 spiro atoms. The summed E-state index contributed by atoms with van der Waals surface area (Å²) in [5, 5.41) is 0.416. The minimum absolute atomic E-state index is 0.0952. The number of hydrogen-bond donors (Lipinski definition) is 0. The summed E-state index contributed by atoms with van der Waals surface area (Å²) in [6, 6.07) is 21.5. The number of anilines is 1. The number of ketones is 1. The Hall–Kier alpha value is -4.04. The smallest absolute Gasteiger partial charge is 0.283 e. The minimum Gasteiger partial charge on any atom is -0.497 e. The standard InChI is InChI=1S/C27H24N2O5S/c1-32-21-12-10-18(11-13-21)14-24-26(31)29(20-7-5-9-23(16-20)34-3)27(28-24)35-17-25(30)19-6-4-8-22(15-19)33-2/h4-16H,17H2,1-3H3/b24-14-. The van der Waals surface area contributed by atoms with Crippen molar-refractivity contribution in [1.29, 1.82) is 0 Å². The van der Waals surface area contributed by atoms with E-state index < -0.39 is 0 Å². The number of amides is 1. The van der Waals surface area contributed by atoms with Crippen LogP contribution in [0.15, 0.2) is 83.5 Å². The largest absolute Gasteiger partial charge is 0.497 e. The van der Waals surface area contributed by atoms with E-state index in [1.54, 1.807) is 75.9 Å². The second-order valence-corrected chi connectivity index (χ2v) is 8.43. The number of thioether (sulfide) groups is 1. The van der Waals surface area contributed by atoms with Crippen LogP contribution in [0.1, 0.15) is 15.9 Å². The van der Waals surface area contributed by atoms with E-state index in [1.165, 1.54) is 16.7 Å². The van der Waals surface area contributed by atoms with Gasteiger partial charge in [0.05, 0.1) is 32.8 Å². The van der Waals surface area contributed by atoms with Crippen molar-refractivity contribution in [3.05, 3.63) is 89.6 Å². The fraction of sp³-hybridized carbons (Fsp3) is 0.148. The van der Waals surface area contributed by atoms with Crippen LogP contribution in [0.4, 0.5) is 5.69 Å². The van der Waals surface area contributed by atoms with Crippen molar-refractivity contribution in [3.8, 4) is 17.2 Å². The first-order chi connectivity index (χ1) is 17.0. The van der Waals surface area contributed by atoms with E-state index in [-0.39, 0.29) is 23.1 Å². The van der Waals surface area contributed by atoms with E-state index in [0.717, 1.165) is 11.3 Å². The molecular formula is C27H24N2O5S. The van der Waals surface area contributed by atoms with Gasteiger partial charge in [-0.2, -0.15) is 0 Å². The third kappa shape index (κ3) is 5.55. The predicted octanol–water partition coefficient (Wildman–Crippen LogP) is 5.07. The molecule has 0 radical (unpaired) electrons. The van der Waals surface area contributed by atoms with E-state index in [0.29, 0.717) is 27.9 Å². The SMILES string of the molecule is COc1ccc(/C=C2\N=C(SCC(=O)c3cccc(OC)c3)N(c3cccc(OC)c3)C2=O)cc1. The first kappa shape index (κ1) is 24.1. The maximum absolute atomic E-state index is 13.4. The lowest BCUT2D eigenvalue weighted by atomic mass is 10.1. The van der Waals surface area contributed by atoms with Gasteiger partial charge in [0.15, 0.2) is 11.0 Å². The number of amidine groups is 1. The topological polar surface area (TPSA) is 77.4 Å². The summed E-state index contributed by atoms with van der Waals surface area (Å²) >= 11 is 1.20. The summed E-state index contributed by atoms with van der Waals surface area (Å²) in [4.78, 5) is 32.3. The number of rotatable bonds is 8. The van der Waals surface area contributed by atoms with E-state index in [9.17, 15) is 9.59 Å². The molecule has 3 aromatic carbocycles. The first-order valence-corrected chi connectivity index (χ1v) is 11.7. The van der Waals surface area contributed by atoms with Crippen LogP contribution >= 0.6 is 11.8 Å². The van der Waals surface area contributed by atoms with Crippen LogP contribution in [-0.2, 0) is 4.79 Å². The predicted molar refractivity (Wildman–Crippen MR) is 139 cm³/mol. The molecule has 35 heavy (non-hydrogen) atoms. The Balaban J connectivity index is 1.63. The Labute approximate surface area is 208 Å². The molecule has 7 nitrogen and oxygen atoms in total. The van der Waals surface area contributed by atoms with Crippen molar-refractivity contribution in [2.24, 2.45) is 4.99 Å². The van der Waals surface area contributed by atoms with Crippen LogP contribution < -0.4 is 19.1 Å². The Bertz CT molecular complexity index is 1300. The lowest BCUT2D eigenvalue weighted by Gasteiger charge is -2.18. The molecule has 1 aliphatic rings. The lowest BCUT2D eigenvalue weighted by molar-refractivity contribution is -0.113. The fourth-order valence-electron chi connectivity index (χ4n) is 3.44. The number of ether oxygens (including phenoxy) is 3. The van der Waals surface area contributed by atoms with Crippen molar-refractivity contribution >= 4 is 40.4 Å². The van der Waals surface area contributed by atoms with Crippen molar-refractivity contribution in [1.82, 2.24) is 0 Å². The molecule has 8 heteroatoms. The van der Waals surface area contributed by atoms with Crippen LogP contribution in [0.5, 0.6) is 17.2 Å². The molecule has 0 unspecified atom stereocenters. The van der Waals surface area contributed by atoms with Gasteiger partial charge in [-0.15, -0.1) is 0 Å². The zero-order valence-corrected chi connectivity index (χ0v) is 20.4. The van der Waals surface area contributed by atoms with Gasteiger partial charge < -0.3 is 14.2 Å². The highest BCUT2D eigenvalue weighted by atomic mass is 32.2. The number of Topliss-reactive ketones (excluding diaryl/α,β-unsaturated/α-hetero) is 1. The summed E-state index contributed by atoms with van der Waals surface area (Å²) in [5.74, 6) is 1.67. The van der Waals surface area contributed by atoms with Crippen molar-refractivity contribution in [2.45, 2.75) is 0 Å². The summed E-state index contributed by atoms with van der Waals surface area (Å²) in [6.07, 6.45) is 1.71. The quantitative estimate of drug-likeness (QED) is 0.325. The van der Waals surface area contributed by atoms with Crippen LogP contribution in [0.25, 0.3) is 6.08 Å². The molecule has 0 atom stereocenters. The van der Waals surface area contributed by atoms with Gasteiger partial charge in [-0.3, -0.25) is 14.5 Å². The molecule has 0 bridgehead atoms. The molecule has 178 valence electrons. The molecule has 0 aliphatic carbocycles. The number of benzene rings is 3. The number of methoxy groups -OCH3 is 3. The Morgan fingerprint density at radius 1 is 0.886 bits per heavy atom. The van der Waals surface area contributed by atoms with E-state index in [4.69, 9.17) is 14.2 Å². The second kappa shape index (κ2) is 10.9. The normalized spacial score (nSPS) is 14.1. The molecule has 3 aromatic rings. The van der Waals surface area contributed by atoms with Gasteiger partial charge in [0, 0.05) is 11.6 Å². The van der Waals surface area contributed by atoms with Gasteiger partial charge in [0.1, 0.15) is 22.9 Å². The van der Waals surface area contributed by atoms with Crippen LogP contribution in [0.2, 0.25) is 0 Å². The molecule has 1 amide bonds. The Morgan fingerprint density at radius 3 is 2.23 bits per heavy atom. The highest BCUT2D eigenvalue weighted by Gasteiger charge is 2.32. The van der Waals surface area contributed by atoms with Crippen molar-refractivity contribution in [2.75, 3.05) is 32.0 Å². The zero-order valence-electron chi connectivity index (χ0n) is 19.6. The third-order valence-electron chi connectivity index (χ3n) is 5.28. The highest BCUT2D eigenvalue weighted by Crippen LogP contribution is 2.32. The summed E-state index contributed by atoms with van der Waals surface area (Å²) in [6.45, 7) is 0.